The van der Waals surface area contributed by atoms with Gasteiger partial charge in [-0.15, -0.1) is 0 Å². The fourth-order valence-corrected chi connectivity index (χ4v) is 1.12. The van der Waals surface area contributed by atoms with E-state index in [0.717, 1.165) is 0 Å². The van der Waals surface area contributed by atoms with Gasteiger partial charge in [0.25, 0.3) is 0 Å². The maximum Gasteiger partial charge on any atom is 0.377 e. The highest BCUT2D eigenvalue weighted by Crippen LogP contribution is 2.14. The lowest BCUT2D eigenvalue weighted by Crippen LogP contribution is -2.12. The second kappa shape index (κ2) is 6.58. The average Bonchev–Trinajstić information content (AvgIpc) is 2.36. The summed E-state index contributed by atoms with van der Waals surface area (Å²) in [5.74, 6) is -0.584. The third-order valence-corrected chi connectivity index (χ3v) is 1.98. The molecule has 0 unspecified atom stereocenters. The Kier molecular flexibility index (Phi) is 5.07. The van der Waals surface area contributed by atoms with Crippen molar-refractivity contribution in [3.63, 3.8) is 0 Å². The number of para-hydroxylation sites is 1. The van der Waals surface area contributed by atoms with Crippen LogP contribution in [-0.4, -0.2) is 17.7 Å². The van der Waals surface area contributed by atoms with E-state index in [2.05, 4.69) is 0 Å². The molecule has 0 heterocycles. The maximum absolute atomic E-state index is 11.3. The van der Waals surface area contributed by atoms with E-state index in [1.54, 1.807) is 24.3 Å². The van der Waals surface area contributed by atoms with Crippen molar-refractivity contribution < 1.29 is 19.4 Å². The molecule has 17 heavy (non-hydrogen) atoms. The number of rotatable bonds is 5. The van der Waals surface area contributed by atoms with Crippen LogP contribution in [0, 0.1) is 0 Å². The fraction of sp³-hybridized carbons (Fsp3) is 0.308. The summed E-state index contributed by atoms with van der Waals surface area (Å²) in [6, 6.07) is 8.91. The van der Waals surface area contributed by atoms with Gasteiger partial charge in [0.15, 0.2) is 5.76 Å². The molecule has 0 aromatic heterocycles. The van der Waals surface area contributed by atoms with Crippen molar-refractivity contribution in [1.29, 1.82) is 0 Å². The van der Waals surface area contributed by atoms with Crippen LogP contribution < -0.4 is 4.74 Å². The van der Waals surface area contributed by atoms with Crippen molar-refractivity contribution >= 4 is 5.97 Å². The van der Waals surface area contributed by atoms with E-state index in [4.69, 9.17) is 9.47 Å². The lowest BCUT2D eigenvalue weighted by atomic mass is 10.3. The number of esters is 1. The summed E-state index contributed by atoms with van der Waals surface area (Å²) in [5, 5.41) is 9.55. The van der Waals surface area contributed by atoms with E-state index in [0.29, 0.717) is 12.2 Å². The molecule has 0 spiro atoms. The van der Waals surface area contributed by atoms with E-state index in [1.165, 1.54) is 6.92 Å². The van der Waals surface area contributed by atoms with Gasteiger partial charge in [0.1, 0.15) is 5.75 Å². The number of carbonyl (C=O) groups excluding carboxylic acids is 1. The first-order chi connectivity index (χ1) is 8.15. The van der Waals surface area contributed by atoms with Gasteiger partial charge in [-0.2, -0.15) is 0 Å². The normalized spacial score (nSPS) is 11.6. The molecule has 1 N–H and O–H groups in total. The highest BCUT2D eigenvalue weighted by atomic mass is 16.5. The Morgan fingerprint density at radius 3 is 2.53 bits per heavy atom. The molecule has 0 atom stereocenters. The molecule has 0 bridgehead atoms. The van der Waals surface area contributed by atoms with Gasteiger partial charge in [0.05, 0.1) is 6.61 Å². The largest absolute Gasteiger partial charge is 0.499 e. The van der Waals surface area contributed by atoms with Gasteiger partial charge in [-0.25, -0.2) is 4.79 Å². The summed E-state index contributed by atoms with van der Waals surface area (Å²) in [4.78, 5) is 11.3. The minimum absolute atomic E-state index is 0.123. The van der Waals surface area contributed by atoms with Gasteiger partial charge in [-0.1, -0.05) is 25.1 Å². The summed E-state index contributed by atoms with van der Waals surface area (Å²) in [5.41, 5.74) is 0. The summed E-state index contributed by atoms with van der Waals surface area (Å²) in [6.45, 7) is 3.67. The SMILES string of the molecule is CCCOC(=O)C(O)=C(C)Oc1ccccc1. The third-order valence-electron chi connectivity index (χ3n) is 1.98. The molecular weight excluding hydrogens is 220 g/mol. The number of hydrogen-bond acceptors (Lipinski definition) is 4. The molecule has 92 valence electrons. The topological polar surface area (TPSA) is 55.8 Å². The molecule has 1 aromatic carbocycles. The minimum Gasteiger partial charge on any atom is -0.499 e. The molecule has 4 heteroatoms. The van der Waals surface area contributed by atoms with Crippen LogP contribution in [0.1, 0.15) is 20.3 Å². The Hall–Kier alpha value is -1.97. The van der Waals surface area contributed by atoms with Gasteiger partial charge in [0.2, 0.25) is 5.76 Å². The minimum atomic E-state index is -0.764. The third kappa shape index (κ3) is 4.18. The van der Waals surface area contributed by atoms with Crippen LogP contribution >= 0.6 is 0 Å². The molecule has 1 rings (SSSR count). The molecular formula is C13H16O4. The van der Waals surface area contributed by atoms with Gasteiger partial charge in [0, 0.05) is 0 Å². The number of hydrogen-bond donors (Lipinski definition) is 1. The van der Waals surface area contributed by atoms with Crippen LogP contribution in [0.2, 0.25) is 0 Å². The zero-order chi connectivity index (χ0) is 12.7. The molecule has 0 amide bonds. The standard InChI is InChI=1S/C13H16O4/c1-3-9-16-13(15)12(14)10(2)17-11-7-5-4-6-8-11/h4-8,14H,3,9H2,1-2H3. The zero-order valence-electron chi connectivity index (χ0n) is 9.97. The number of carbonyl (C=O) groups is 1. The highest BCUT2D eigenvalue weighted by Gasteiger charge is 2.14. The van der Waals surface area contributed by atoms with Crippen LogP contribution in [0.3, 0.4) is 0 Å². The lowest BCUT2D eigenvalue weighted by Gasteiger charge is -2.08. The van der Waals surface area contributed by atoms with Crippen LogP contribution in [-0.2, 0) is 9.53 Å². The van der Waals surface area contributed by atoms with Crippen molar-refractivity contribution in [3.8, 4) is 5.75 Å². The Bertz CT molecular complexity index is 395. The van der Waals surface area contributed by atoms with Crippen molar-refractivity contribution in [2.75, 3.05) is 6.61 Å². The smallest absolute Gasteiger partial charge is 0.377 e. The van der Waals surface area contributed by atoms with Gasteiger partial charge < -0.3 is 14.6 Å². The molecule has 4 nitrogen and oxygen atoms in total. The maximum atomic E-state index is 11.3. The molecule has 0 saturated heterocycles. The predicted octanol–water partition coefficient (Wildman–Crippen LogP) is 2.81. The van der Waals surface area contributed by atoms with Gasteiger partial charge in [-0.3, -0.25) is 0 Å². The quantitative estimate of drug-likeness (QED) is 0.485. The van der Waals surface area contributed by atoms with E-state index in [9.17, 15) is 9.90 Å². The number of allylic oxidation sites excluding steroid dienone is 1. The number of benzene rings is 1. The van der Waals surface area contributed by atoms with Crippen molar-refractivity contribution in [2.45, 2.75) is 20.3 Å². The summed E-state index contributed by atoms with van der Waals surface area (Å²) in [7, 11) is 0. The molecule has 0 saturated carbocycles. The van der Waals surface area contributed by atoms with Crippen molar-refractivity contribution in [2.24, 2.45) is 0 Å². The first kappa shape index (κ1) is 13.1. The van der Waals surface area contributed by atoms with Crippen LogP contribution in [0.15, 0.2) is 41.9 Å². The predicted molar refractivity (Wildman–Crippen MR) is 63.6 cm³/mol. The molecule has 0 aliphatic carbocycles. The van der Waals surface area contributed by atoms with Crippen molar-refractivity contribution in [3.05, 3.63) is 41.9 Å². The fourth-order valence-electron chi connectivity index (χ4n) is 1.12. The Morgan fingerprint density at radius 1 is 1.29 bits per heavy atom. The first-order valence-corrected chi connectivity index (χ1v) is 5.45. The van der Waals surface area contributed by atoms with E-state index in [-0.39, 0.29) is 12.4 Å². The Morgan fingerprint density at radius 2 is 1.94 bits per heavy atom. The zero-order valence-corrected chi connectivity index (χ0v) is 9.97. The number of ether oxygens (including phenoxy) is 2. The molecule has 0 radical (unpaired) electrons. The monoisotopic (exact) mass is 236 g/mol. The first-order valence-electron chi connectivity index (χ1n) is 5.45. The molecule has 0 fully saturated rings. The summed E-state index contributed by atoms with van der Waals surface area (Å²) >= 11 is 0. The Labute approximate surface area is 100 Å². The van der Waals surface area contributed by atoms with E-state index < -0.39 is 11.7 Å². The van der Waals surface area contributed by atoms with E-state index >= 15 is 0 Å². The van der Waals surface area contributed by atoms with E-state index in [1.807, 2.05) is 13.0 Å². The molecule has 0 aliphatic rings. The number of aliphatic hydroxyl groups is 1. The molecule has 0 aliphatic heterocycles. The average molecular weight is 236 g/mol. The Balaban J connectivity index is 2.66. The molecule has 1 aromatic rings. The van der Waals surface area contributed by atoms with Gasteiger partial charge in [-0.05, 0) is 25.5 Å². The summed E-state index contributed by atoms with van der Waals surface area (Å²) in [6.07, 6.45) is 0.706. The highest BCUT2D eigenvalue weighted by molar-refractivity contribution is 5.86. The van der Waals surface area contributed by atoms with Crippen LogP contribution in [0.5, 0.6) is 5.75 Å². The van der Waals surface area contributed by atoms with Gasteiger partial charge >= 0.3 is 5.97 Å². The second-order valence-electron chi connectivity index (χ2n) is 3.46. The summed E-state index contributed by atoms with van der Waals surface area (Å²) < 4.78 is 10.1. The van der Waals surface area contributed by atoms with Crippen molar-refractivity contribution in [1.82, 2.24) is 0 Å². The number of aliphatic hydroxyl groups excluding tert-OH is 1. The van der Waals surface area contributed by atoms with Crippen LogP contribution in [0.4, 0.5) is 0 Å². The lowest BCUT2D eigenvalue weighted by molar-refractivity contribution is -0.142. The van der Waals surface area contributed by atoms with Crippen LogP contribution in [0.25, 0.3) is 0 Å². The second-order valence-corrected chi connectivity index (χ2v) is 3.46.